The average molecular weight is 393 g/mol. The summed E-state index contributed by atoms with van der Waals surface area (Å²) >= 11 is 0. The molecule has 2 aromatic carbocycles. The van der Waals surface area contributed by atoms with Crippen LogP contribution in [0.15, 0.2) is 54.7 Å². The normalized spacial score (nSPS) is 15.1. The number of fused-ring (bicyclic) bond motifs is 1. The van der Waals surface area contributed by atoms with Gasteiger partial charge in [-0.3, -0.25) is 4.79 Å². The number of esters is 1. The molecule has 1 aliphatic heterocycles. The van der Waals surface area contributed by atoms with E-state index in [-0.39, 0.29) is 5.91 Å². The van der Waals surface area contributed by atoms with Crippen LogP contribution in [0.4, 0.5) is 11.4 Å². The maximum Gasteiger partial charge on any atom is 0.341 e. The van der Waals surface area contributed by atoms with Crippen molar-refractivity contribution in [1.82, 2.24) is 4.98 Å². The zero-order valence-electron chi connectivity index (χ0n) is 16.2. The lowest BCUT2D eigenvalue weighted by Gasteiger charge is -2.28. The number of rotatable bonds is 5. The Morgan fingerprint density at radius 1 is 1.10 bits per heavy atom. The Labute approximate surface area is 168 Å². The number of nitrogens with one attached hydrogen (secondary N) is 2. The van der Waals surface area contributed by atoms with Gasteiger partial charge in [-0.25, -0.2) is 4.79 Å². The van der Waals surface area contributed by atoms with Crippen LogP contribution in [0.5, 0.6) is 0 Å². The molecule has 2 N–H and O–H groups in total. The summed E-state index contributed by atoms with van der Waals surface area (Å²) in [6, 6.07) is 15.1. The van der Waals surface area contributed by atoms with Gasteiger partial charge >= 0.3 is 5.97 Å². The Hall–Kier alpha value is -3.32. The van der Waals surface area contributed by atoms with Crippen LogP contribution in [0, 0.1) is 0 Å². The van der Waals surface area contributed by atoms with Crippen molar-refractivity contribution in [3.8, 4) is 0 Å². The Balaban J connectivity index is 1.36. The van der Waals surface area contributed by atoms with E-state index in [0.29, 0.717) is 11.3 Å². The van der Waals surface area contributed by atoms with Crippen molar-refractivity contribution in [3.05, 3.63) is 60.3 Å². The first-order valence-corrected chi connectivity index (χ1v) is 9.62. The van der Waals surface area contributed by atoms with Crippen LogP contribution in [-0.4, -0.2) is 49.3 Å². The summed E-state index contributed by atoms with van der Waals surface area (Å²) in [5, 5.41) is 3.56. The van der Waals surface area contributed by atoms with Crippen LogP contribution in [0.2, 0.25) is 0 Å². The van der Waals surface area contributed by atoms with Gasteiger partial charge in [0.15, 0.2) is 6.10 Å². The average Bonchev–Trinajstić information content (AvgIpc) is 3.19. The molecule has 1 amide bonds. The van der Waals surface area contributed by atoms with Gasteiger partial charge in [0.05, 0.1) is 18.8 Å². The number of carbonyl (C=O) groups excluding carboxylic acids is 2. The minimum absolute atomic E-state index is 0.377. The molecule has 0 bridgehead atoms. The van der Waals surface area contributed by atoms with Crippen molar-refractivity contribution in [2.24, 2.45) is 0 Å². The van der Waals surface area contributed by atoms with Gasteiger partial charge in [-0.05, 0) is 37.3 Å². The van der Waals surface area contributed by atoms with Crippen molar-refractivity contribution in [1.29, 1.82) is 0 Å². The zero-order chi connectivity index (χ0) is 20.2. The van der Waals surface area contributed by atoms with Crippen molar-refractivity contribution < 1.29 is 19.1 Å². The number of morpholine rings is 1. The number of hydrogen-bond acceptors (Lipinski definition) is 5. The van der Waals surface area contributed by atoms with Crippen molar-refractivity contribution >= 4 is 34.2 Å². The third-order valence-corrected chi connectivity index (χ3v) is 4.97. The second-order valence-corrected chi connectivity index (χ2v) is 6.93. The maximum absolute atomic E-state index is 12.5. The third-order valence-electron chi connectivity index (χ3n) is 4.97. The molecule has 7 nitrogen and oxygen atoms in total. The number of hydrogen-bond donors (Lipinski definition) is 2. The summed E-state index contributed by atoms with van der Waals surface area (Å²) < 4.78 is 10.7. The van der Waals surface area contributed by atoms with Crippen LogP contribution >= 0.6 is 0 Å². The van der Waals surface area contributed by atoms with Crippen molar-refractivity contribution in [2.75, 3.05) is 36.5 Å². The summed E-state index contributed by atoms with van der Waals surface area (Å²) in [5.41, 5.74) is 3.00. The first kappa shape index (κ1) is 19.0. The molecule has 7 heteroatoms. The number of ether oxygens (including phenoxy) is 2. The highest BCUT2D eigenvalue weighted by Gasteiger charge is 2.21. The SMILES string of the molecule is C[C@H](OC(=O)c1c[nH]c2ccccc12)C(=O)Nc1ccc(N2CCOCC2)cc1. The number of para-hydroxylation sites is 1. The van der Waals surface area contributed by atoms with E-state index < -0.39 is 12.1 Å². The summed E-state index contributed by atoms with van der Waals surface area (Å²) in [6.45, 7) is 4.71. The second kappa shape index (κ2) is 8.36. The molecule has 1 saturated heterocycles. The Morgan fingerprint density at radius 2 is 1.83 bits per heavy atom. The summed E-state index contributed by atoms with van der Waals surface area (Å²) in [7, 11) is 0. The van der Waals surface area contributed by atoms with E-state index in [2.05, 4.69) is 15.2 Å². The largest absolute Gasteiger partial charge is 0.449 e. The van der Waals surface area contributed by atoms with Crippen molar-refractivity contribution in [3.63, 3.8) is 0 Å². The van der Waals surface area contributed by atoms with E-state index in [1.165, 1.54) is 0 Å². The number of benzene rings is 2. The number of aromatic nitrogens is 1. The fourth-order valence-electron chi connectivity index (χ4n) is 3.34. The van der Waals surface area contributed by atoms with Crippen LogP contribution in [-0.2, 0) is 14.3 Å². The summed E-state index contributed by atoms with van der Waals surface area (Å²) in [4.78, 5) is 30.2. The lowest BCUT2D eigenvalue weighted by Crippen LogP contribution is -2.36. The van der Waals surface area contributed by atoms with E-state index >= 15 is 0 Å². The highest BCUT2D eigenvalue weighted by Crippen LogP contribution is 2.21. The fraction of sp³-hybridized carbons (Fsp3) is 0.273. The highest BCUT2D eigenvalue weighted by atomic mass is 16.5. The molecule has 2 heterocycles. The molecule has 3 aromatic rings. The van der Waals surface area contributed by atoms with E-state index in [1.807, 2.05) is 48.5 Å². The quantitative estimate of drug-likeness (QED) is 0.651. The van der Waals surface area contributed by atoms with Gasteiger partial charge in [-0.2, -0.15) is 0 Å². The van der Waals surface area contributed by atoms with E-state index in [4.69, 9.17) is 9.47 Å². The predicted octanol–water partition coefficient (Wildman–Crippen LogP) is 3.19. The number of carbonyl (C=O) groups is 2. The van der Waals surface area contributed by atoms with Crippen LogP contribution in [0.3, 0.4) is 0 Å². The van der Waals surface area contributed by atoms with Gasteiger partial charge in [0.1, 0.15) is 0 Å². The number of nitrogens with zero attached hydrogens (tertiary/aromatic N) is 1. The van der Waals surface area contributed by atoms with Gasteiger partial charge in [-0.1, -0.05) is 18.2 Å². The number of anilines is 2. The Kier molecular flexibility index (Phi) is 5.48. The van der Waals surface area contributed by atoms with Crippen molar-refractivity contribution in [2.45, 2.75) is 13.0 Å². The molecule has 1 aliphatic rings. The van der Waals surface area contributed by atoms with Crippen LogP contribution < -0.4 is 10.2 Å². The Bertz CT molecular complexity index is 1010. The monoisotopic (exact) mass is 393 g/mol. The molecule has 150 valence electrons. The Morgan fingerprint density at radius 3 is 2.59 bits per heavy atom. The maximum atomic E-state index is 12.5. The molecule has 0 radical (unpaired) electrons. The topological polar surface area (TPSA) is 83.7 Å². The molecule has 0 saturated carbocycles. The predicted molar refractivity (Wildman–Crippen MR) is 111 cm³/mol. The molecule has 0 aliphatic carbocycles. The minimum atomic E-state index is -0.921. The van der Waals surface area contributed by atoms with Gasteiger partial charge in [0, 0.05) is 41.6 Å². The van der Waals surface area contributed by atoms with Gasteiger partial charge < -0.3 is 24.7 Å². The highest BCUT2D eigenvalue weighted by molar-refractivity contribution is 6.05. The number of aromatic amines is 1. The summed E-state index contributed by atoms with van der Waals surface area (Å²) in [6.07, 6.45) is 0.678. The third kappa shape index (κ3) is 4.25. The molecule has 4 rings (SSSR count). The molecule has 29 heavy (non-hydrogen) atoms. The molecule has 1 atom stereocenters. The fourth-order valence-corrected chi connectivity index (χ4v) is 3.34. The van der Waals surface area contributed by atoms with Gasteiger partial charge in [0.25, 0.3) is 5.91 Å². The van der Waals surface area contributed by atoms with E-state index in [9.17, 15) is 9.59 Å². The second-order valence-electron chi connectivity index (χ2n) is 6.93. The van der Waals surface area contributed by atoms with Gasteiger partial charge in [0.2, 0.25) is 0 Å². The minimum Gasteiger partial charge on any atom is -0.449 e. The standard InChI is InChI=1S/C22H23N3O4/c1-15(29-22(27)19-14-23-20-5-3-2-4-18(19)20)21(26)24-16-6-8-17(9-7-16)25-10-12-28-13-11-25/h2-9,14-15,23H,10-13H2,1H3,(H,24,26)/t15-/m0/s1. The molecule has 0 spiro atoms. The molecule has 0 unspecified atom stereocenters. The molecule has 1 fully saturated rings. The number of H-pyrrole nitrogens is 1. The van der Waals surface area contributed by atoms with E-state index in [1.54, 1.807) is 13.1 Å². The summed E-state index contributed by atoms with van der Waals surface area (Å²) in [5.74, 6) is -0.912. The lowest BCUT2D eigenvalue weighted by molar-refractivity contribution is -0.123. The molecule has 1 aromatic heterocycles. The molecular formula is C22H23N3O4. The van der Waals surface area contributed by atoms with Gasteiger partial charge in [-0.15, -0.1) is 0 Å². The van der Waals surface area contributed by atoms with Crippen LogP contribution in [0.1, 0.15) is 17.3 Å². The lowest BCUT2D eigenvalue weighted by atomic mass is 10.2. The first-order chi connectivity index (χ1) is 14.1. The molecular weight excluding hydrogens is 370 g/mol. The van der Waals surface area contributed by atoms with Crippen LogP contribution in [0.25, 0.3) is 10.9 Å². The zero-order valence-corrected chi connectivity index (χ0v) is 16.2. The smallest absolute Gasteiger partial charge is 0.341 e. The number of amides is 1. The van der Waals surface area contributed by atoms with E-state index in [0.717, 1.165) is 42.9 Å². The first-order valence-electron chi connectivity index (χ1n) is 9.62.